The molecule has 0 unspecified atom stereocenters. The molecule has 4 rings (SSSR count). The number of nitrogens with zero attached hydrogens (tertiary/aromatic N) is 2. The van der Waals surface area contributed by atoms with E-state index in [2.05, 4.69) is 76.4 Å². The van der Waals surface area contributed by atoms with Gasteiger partial charge in [0.1, 0.15) is 0 Å². The number of nitrogens with two attached hydrogens (primary N) is 1. The highest BCUT2D eigenvalue weighted by atomic mass is 32.2. The van der Waals surface area contributed by atoms with Crippen LogP contribution in [0.5, 0.6) is 0 Å². The third-order valence-corrected chi connectivity index (χ3v) is 7.82. The molecule has 184 valence electrons. The van der Waals surface area contributed by atoms with Crippen LogP contribution in [0.15, 0.2) is 59.5 Å². The van der Waals surface area contributed by atoms with Crippen molar-refractivity contribution < 1.29 is 9.59 Å². The van der Waals surface area contributed by atoms with Gasteiger partial charge in [-0.25, -0.2) is 0 Å². The Morgan fingerprint density at radius 1 is 0.971 bits per heavy atom. The van der Waals surface area contributed by atoms with Crippen LogP contribution in [0.4, 0.5) is 0 Å². The zero-order chi connectivity index (χ0) is 24.4. The highest BCUT2D eigenvalue weighted by Crippen LogP contribution is 2.42. The molecule has 6 heteroatoms. The molecule has 2 fully saturated rings. The highest BCUT2D eigenvalue weighted by molar-refractivity contribution is 7.98. The van der Waals surface area contributed by atoms with Crippen LogP contribution in [0.3, 0.4) is 0 Å². The minimum absolute atomic E-state index is 0.0882. The van der Waals surface area contributed by atoms with Crippen molar-refractivity contribution in [3.05, 3.63) is 65.7 Å². The zero-order valence-corrected chi connectivity index (χ0v) is 21.5. The van der Waals surface area contributed by atoms with Gasteiger partial charge in [-0.1, -0.05) is 49.4 Å². The first-order chi connectivity index (χ1) is 16.5. The summed E-state index contributed by atoms with van der Waals surface area (Å²) in [6, 6.07) is 19.4. The number of carbonyl (C=O) groups excluding carboxylic acids is 2. The Bertz CT molecular complexity index is 909. The van der Waals surface area contributed by atoms with Gasteiger partial charge in [-0.05, 0) is 81.3 Å². The summed E-state index contributed by atoms with van der Waals surface area (Å²) in [5, 5.41) is 0. The normalized spacial score (nSPS) is 17.5. The molecule has 0 radical (unpaired) electrons. The Kier molecular flexibility index (Phi) is 10.0. The van der Waals surface area contributed by atoms with E-state index in [0.29, 0.717) is 12.3 Å². The number of hydrogen-bond donors (Lipinski definition) is 1. The van der Waals surface area contributed by atoms with Gasteiger partial charge < -0.3 is 15.5 Å². The molecule has 0 atom stereocenters. The fourth-order valence-electron chi connectivity index (χ4n) is 4.82. The minimum Gasteiger partial charge on any atom is -0.370 e. The van der Waals surface area contributed by atoms with Crippen LogP contribution in [-0.2, 0) is 22.6 Å². The Hall–Kier alpha value is -2.31. The van der Waals surface area contributed by atoms with E-state index in [1.165, 1.54) is 22.4 Å². The predicted molar refractivity (Wildman–Crippen MR) is 141 cm³/mol. The number of primary amides is 1. The maximum Gasteiger partial charge on any atom is 0.229 e. The van der Waals surface area contributed by atoms with Gasteiger partial charge in [-0.15, -0.1) is 11.8 Å². The van der Waals surface area contributed by atoms with Crippen molar-refractivity contribution in [1.29, 1.82) is 0 Å². The van der Waals surface area contributed by atoms with Gasteiger partial charge in [0.05, 0.1) is 5.41 Å². The van der Waals surface area contributed by atoms with Crippen molar-refractivity contribution in [2.45, 2.75) is 56.9 Å². The van der Waals surface area contributed by atoms with Crippen molar-refractivity contribution in [2.75, 3.05) is 32.4 Å². The molecule has 0 aromatic heterocycles. The monoisotopic (exact) mass is 481 g/mol. The molecule has 2 heterocycles. The molecular weight excluding hydrogens is 442 g/mol. The Morgan fingerprint density at radius 2 is 1.59 bits per heavy atom. The summed E-state index contributed by atoms with van der Waals surface area (Å²) < 4.78 is 0. The van der Waals surface area contributed by atoms with Crippen molar-refractivity contribution in [2.24, 2.45) is 11.1 Å². The average Bonchev–Trinajstić information content (AvgIpc) is 3.16. The van der Waals surface area contributed by atoms with Gasteiger partial charge in [-0.2, -0.15) is 0 Å². The molecule has 2 saturated heterocycles. The number of amides is 2. The van der Waals surface area contributed by atoms with Gasteiger partial charge in [0.2, 0.25) is 11.8 Å². The zero-order valence-electron chi connectivity index (χ0n) is 20.7. The summed E-state index contributed by atoms with van der Waals surface area (Å²) in [4.78, 5) is 28.7. The molecule has 1 spiro atoms. The molecule has 34 heavy (non-hydrogen) atoms. The number of carbonyl (C=O) groups is 2. The van der Waals surface area contributed by atoms with Crippen molar-refractivity contribution in [3.8, 4) is 0 Å². The summed E-state index contributed by atoms with van der Waals surface area (Å²) in [7, 11) is 0. The SMILES string of the molecule is CCC(N)=O.CSc1ccc(CN2CCC3(CCN(CCCc4ccccc4)CC3)C2=O)cc1. The molecule has 2 aromatic rings. The lowest BCUT2D eigenvalue weighted by Crippen LogP contribution is -2.44. The van der Waals surface area contributed by atoms with Crippen molar-refractivity contribution >= 4 is 23.6 Å². The first kappa shape index (κ1) is 26.3. The van der Waals surface area contributed by atoms with Gasteiger partial charge in [-0.3, -0.25) is 9.59 Å². The molecular formula is C28H39N3O2S. The summed E-state index contributed by atoms with van der Waals surface area (Å²) in [5.74, 6) is 0.153. The lowest BCUT2D eigenvalue weighted by molar-refractivity contribution is -0.138. The second kappa shape index (κ2) is 13.0. The van der Waals surface area contributed by atoms with E-state index in [1.807, 2.05) is 0 Å². The van der Waals surface area contributed by atoms with Crippen LogP contribution in [0.1, 0.15) is 50.2 Å². The smallest absolute Gasteiger partial charge is 0.229 e. The number of thioether (sulfide) groups is 1. The third kappa shape index (κ3) is 7.34. The first-order valence-corrected chi connectivity index (χ1v) is 13.6. The standard InChI is InChI=1S/C25H32N2OS.C3H7NO/c1-29-23-11-9-22(10-12-23)20-27-19-15-25(24(27)28)13-17-26(18-14-25)16-5-8-21-6-3-2-4-7-21;1-2-3(4)5/h2-4,6-7,9-12H,5,8,13-20H2,1H3;2H2,1H3,(H2,4,5). The van der Waals surface area contributed by atoms with E-state index in [-0.39, 0.29) is 11.3 Å². The maximum absolute atomic E-state index is 13.2. The lowest BCUT2D eigenvalue weighted by atomic mass is 9.77. The largest absolute Gasteiger partial charge is 0.370 e. The second-order valence-corrected chi connectivity index (χ2v) is 10.2. The lowest BCUT2D eigenvalue weighted by Gasteiger charge is -2.38. The molecule has 2 aliphatic rings. The summed E-state index contributed by atoms with van der Waals surface area (Å²) in [6.07, 6.45) is 7.97. The van der Waals surface area contributed by atoms with Gasteiger partial charge in [0, 0.05) is 24.4 Å². The summed E-state index contributed by atoms with van der Waals surface area (Å²) in [6.45, 7) is 6.67. The Morgan fingerprint density at radius 3 is 2.18 bits per heavy atom. The van der Waals surface area contributed by atoms with Crippen molar-refractivity contribution in [3.63, 3.8) is 0 Å². The van der Waals surface area contributed by atoms with Gasteiger partial charge in [0.15, 0.2) is 0 Å². The maximum atomic E-state index is 13.2. The Balaban J connectivity index is 0.000000588. The fourth-order valence-corrected chi connectivity index (χ4v) is 5.22. The van der Waals surface area contributed by atoms with Crippen LogP contribution < -0.4 is 5.73 Å². The molecule has 0 saturated carbocycles. The number of piperidine rings is 1. The summed E-state index contributed by atoms with van der Waals surface area (Å²) in [5.41, 5.74) is 7.23. The van der Waals surface area contributed by atoms with Crippen LogP contribution in [0.25, 0.3) is 0 Å². The topological polar surface area (TPSA) is 66.6 Å². The van der Waals surface area contributed by atoms with Gasteiger partial charge >= 0.3 is 0 Å². The van der Waals surface area contributed by atoms with E-state index < -0.39 is 0 Å². The van der Waals surface area contributed by atoms with Crippen LogP contribution in [-0.4, -0.2) is 54.0 Å². The summed E-state index contributed by atoms with van der Waals surface area (Å²) >= 11 is 1.76. The van der Waals surface area contributed by atoms with E-state index in [9.17, 15) is 9.59 Å². The predicted octanol–water partition coefficient (Wildman–Crippen LogP) is 4.74. The molecule has 5 nitrogen and oxygen atoms in total. The molecule has 2 amide bonds. The number of likely N-dealkylation sites (tertiary alicyclic amines) is 2. The number of aryl methyl sites for hydroxylation is 1. The molecule has 2 aliphatic heterocycles. The average molecular weight is 482 g/mol. The third-order valence-electron chi connectivity index (χ3n) is 7.08. The molecule has 0 aliphatic carbocycles. The highest BCUT2D eigenvalue weighted by Gasteiger charge is 2.47. The van der Waals surface area contributed by atoms with Crippen LogP contribution >= 0.6 is 11.8 Å². The van der Waals surface area contributed by atoms with E-state index in [0.717, 1.165) is 58.4 Å². The minimum atomic E-state index is -0.245. The van der Waals surface area contributed by atoms with Crippen LogP contribution in [0, 0.1) is 5.41 Å². The number of rotatable bonds is 8. The van der Waals surface area contributed by atoms with Gasteiger partial charge in [0.25, 0.3) is 0 Å². The molecule has 2 N–H and O–H groups in total. The number of benzene rings is 2. The Labute approximate surface area is 209 Å². The van der Waals surface area contributed by atoms with Crippen LogP contribution in [0.2, 0.25) is 0 Å². The number of hydrogen-bond acceptors (Lipinski definition) is 4. The molecule has 0 bridgehead atoms. The quantitative estimate of drug-likeness (QED) is 0.553. The first-order valence-electron chi connectivity index (χ1n) is 12.4. The van der Waals surface area contributed by atoms with E-state index >= 15 is 0 Å². The van der Waals surface area contributed by atoms with Crippen molar-refractivity contribution in [1.82, 2.24) is 9.80 Å². The van der Waals surface area contributed by atoms with E-state index in [1.54, 1.807) is 18.7 Å². The molecule has 2 aromatic carbocycles. The second-order valence-electron chi connectivity index (χ2n) is 9.36. The fraction of sp³-hybridized carbons (Fsp3) is 0.500. The van der Waals surface area contributed by atoms with E-state index in [4.69, 9.17) is 0 Å².